The van der Waals surface area contributed by atoms with Crippen LogP contribution in [-0.4, -0.2) is 9.97 Å². The minimum absolute atomic E-state index is 0.265. The smallest absolute Gasteiger partial charge is 0.197 e. The average Bonchev–Trinajstić information content (AvgIpc) is 3.09. The zero-order valence-corrected chi connectivity index (χ0v) is 23.6. The molecule has 0 aliphatic carbocycles. The maximum Gasteiger partial charge on any atom is 0.197 e. The highest BCUT2D eigenvalue weighted by Gasteiger charge is 2.19. The fourth-order valence-electron chi connectivity index (χ4n) is 5.54. The van der Waals surface area contributed by atoms with Crippen LogP contribution in [0.2, 0.25) is 0 Å². The molecule has 0 atom stereocenters. The number of nitrogens with zero attached hydrogens (tertiary/aromatic N) is 4. The van der Waals surface area contributed by atoms with Crippen molar-refractivity contribution >= 4 is 33.9 Å². The van der Waals surface area contributed by atoms with Crippen LogP contribution in [0, 0.1) is 12.4 Å². The van der Waals surface area contributed by atoms with E-state index in [1.807, 2.05) is 95.9 Å². The van der Waals surface area contributed by atoms with E-state index in [0.717, 1.165) is 44.7 Å². The Kier molecular flexibility index (Phi) is 7.08. The Balaban J connectivity index is 1.44. The van der Waals surface area contributed by atoms with Gasteiger partial charge < -0.3 is 0 Å². The van der Waals surface area contributed by atoms with Crippen molar-refractivity contribution in [2.75, 3.05) is 4.90 Å². The molecule has 1 aromatic heterocycles. The number of benzene rings is 6. The first-order valence-corrected chi connectivity index (χ1v) is 14.2. The van der Waals surface area contributed by atoms with Crippen LogP contribution in [0.4, 0.5) is 27.3 Å². The van der Waals surface area contributed by atoms with Gasteiger partial charge in [-0.1, -0.05) is 103 Å². The monoisotopic (exact) mass is 568 g/mol. The summed E-state index contributed by atoms with van der Waals surface area (Å²) < 4.78 is 15.1. The molecular formula is C39H25FN4. The van der Waals surface area contributed by atoms with Gasteiger partial charge in [-0.2, -0.15) is 0 Å². The van der Waals surface area contributed by atoms with Crippen LogP contribution in [-0.2, 0) is 0 Å². The summed E-state index contributed by atoms with van der Waals surface area (Å²) in [5.41, 5.74) is 8.55. The van der Waals surface area contributed by atoms with Gasteiger partial charge in [0.15, 0.2) is 11.5 Å². The Morgan fingerprint density at radius 1 is 0.591 bits per heavy atom. The summed E-state index contributed by atoms with van der Waals surface area (Å²) in [7, 11) is 0. The van der Waals surface area contributed by atoms with Gasteiger partial charge in [0.05, 0.1) is 23.8 Å². The lowest BCUT2D eigenvalue weighted by atomic mass is 9.97. The van der Waals surface area contributed by atoms with Gasteiger partial charge in [0.1, 0.15) is 5.82 Å². The molecule has 0 bridgehead atoms. The van der Waals surface area contributed by atoms with Gasteiger partial charge in [0, 0.05) is 22.5 Å². The van der Waals surface area contributed by atoms with Crippen LogP contribution in [0.1, 0.15) is 0 Å². The molecule has 7 rings (SSSR count). The highest BCUT2D eigenvalue weighted by molar-refractivity contribution is 5.96. The summed E-state index contributed by atoms with van der Waals surface area (Å²) in [5.74, 6) is 0.179. The van der Waals surface area contributed by atoms with Crippen molar-refractivity contribution in [2.24, 2.45) is 0 Å². The molecular weight excluding hydrogens is 543 g/mol. The van der Waals surface area contributed by atoms with E-state index in [-0.39, 0.29) is 11.3 Å². The van der Waals surface area contributed by atoms with Crippen molar-refractivity contribution < 1.29 is 4.39 Å². The van der Waals surface area contributed by atoms with Crippen molar-refractivity contribution in [3.8, 4) is 33.4 Å². The molecule has 0 aliphatic heterocycles. The zero-order chi connectivity index (χ0) is 29.9. The largest absolute Gasteiger partial charge is 0.294 e. The quantitative estimate of drug-likeness (QED) is 0.187. The molecule has 44 heavy (non-hydrogen) atoms. The average molecular weight is 569 g/mol. The third-order valence-corrected chi connectivity index (χ3v) is 7.57. The summed E-state index contributed by atoms with van der Waals surface area (Å²) >= 11 is 0. The van der Waals surface area contributed by atoms with Gasteiger partial charge in [-0.05, 0) is 64.7 Å². The first-order chi connectivity index (χ1) is 21.7. The minimum Gasteiger partial charge on any atom is -0.294 e. The van der Waals surface area contributed by atoms with Gasteiger partial charge in [0.2, 0.25) is 0 Å². The van der Waals surface area contributed by atoms with E-state index in [2.05, 4.69) is 41.2 Å². The molecule has 7 aromatic rings. The SMILES string of the molecule is [C-]#[N+]c1cccc(F)c1-c1cccc(N(c2ccccc2)c2cnc3c(-c4ccccc4)cc(-c4ccccc4)cc3n2)c1. The molecule has 0 N–H and O–H groups in total. The summed E-state index contributed by atoms with van der Waals surface area (Å²) in [6.07, 6.45) is 1.78. The van der Waals surface area contributed by atoms with Crippen LogP contribution < -0.4 is 4.90 Å². The predicted octanol–water partition coefficient (Wildman–Crippen LogP) is 10.8. The number of fused-ring (bicyclic) bond motifs is 1. The van der Waals surface area contributed by atoms with E-state index < -0.39 is 5.82 Å². The molecule has 0 radical (unpaired) electrons. The molecule has 0 amide bonds. The van der Waals surface area contributed by atoms with Crippen molar-refractivity contribution in [2.45, 2.75) is 0 Å². The molecule has 5 heteroatoms. The third kappa shape index (κ3) is 5.06. The molecule has 0 unspecified atom stereocenters. The second-order valence-electron chi connectivity index (χ2n) is 10.3. The summed E-state index contributed by atoms with van der Waals surface area (Å²) in [6.45, 7) is 7.60. The van der Waals surface area contributed by atoms with E-state index >= 15 is 4.39 Å². The molecule has 0 saturated heterocycles. The first-order valence-electron chi connectivity index (χ1n) is 14.2. The maximum atomic E-state index is 15.1. The Hall–Kier alpha value is -6.12. The maximum absolute atomic E-state index is 15.1. The molecule has 6 aromatic carbocycles. The highest BCUT2D eigenvalue weighted by atomic mass is 19.1. The van der Waals surface area contributed by atoms with Crippen molar-refractivity contribution in [1.82, 2.24) is 9.97 Å². The van der Waals surface area contributed by atoms with Crippen LogP contribution in [0.5, 0.6) is 0 Å². The van der Waals surface area contributed by atoms with Crippen LogP contribution >= 0.6 is 0 Å². The molecule has 0 spiro atoms. The van der Waals surface area contributed by atoms with Gasteiger partial charge in [-0.15, -0.1) is 0 Å². The van der Waals surface area contributed by atoms with E-state index in [1.54, 1.807) is 18.3 Å². The van der Waals surface area contributed by atoms with Crippen LogP contribution in [0.15, 0.2) is 152 Å². The van der Waals surface area contributed by atoms with Crippen molar-refractivity contribution in [3.05, 3.63) is 169 Å². The summed E-state index contributed by atoms with van der Waals surface area (Å²) in [5, 5.41) is 0. The summed E-state index contributed by atoms with van der Waals surface area (Å²) in [6, 6.07) is 46.7. The van der Waals surface area contributed by atoms with Crippen molar-refractivity contribution in [1.29, 1.82) is 0 Å². The number of aromatic nitrogens is 2. The van der Waals surface area contributed by atoms with Gasteiger partial charge in [0.25, 0.3) is 0 Å². The second-order valence-corrected chi connectivity index (χ2v) is 10.3. The minimum atomic E-state index is -0.436. The Morgan fingerprint density at radius 2 is 1.23 bits per heavy atom. The van der Waals surface area contributed by atoms with E-state index in [9.17, 15) is 0 Å². The topological polar surface area (TPSA) is 33.4 Å². The lowest BCUT2D eigenvalue weighted by Crippen LogP contribution is -2.12. The van der Waals surface area contributed by atoms with Gasteiger partial charge in [-0.25, -0.2) is 14.2 Å². The zero-order valence-electron chi connectivity index (χ0n) is 23.6. The molecule has 0 saturated carbocycles. The predicted molar refractivity (Wildman–Crippen MR) is 177 cm³/mol. The lowest BCUT2D eigenvalue weighted by Gasteiger charge is -2.25. The number of rotatable bonds is 6. The molecule has 208 valence electrons. The van der Waals surface area contributed by atoms with E-state index in [0.29, 0.717) is 11.4 Å². The number of para-hydroxylation sites is 1. The number of hydrogen-bond donors (Lipinski definition) is 0. The normalized spacial score (nSPS) is 10.8. The van der Waals surface area contributed by atoms with E-state index in [4.69, 9.17) is 16.5 Å². The fraction of sp³-hybridized carbons (Fsp3) is 0. The Bertz CT molecular complexity index is 2140. The number of halogens is 1. The van der Waals surface area contributed by atoms with Gasteiger partial charge in [-0.3, -0.25) is 9.88 Å². The highest BCUT2D eigenvalue weighted by Crippen LogP contribution is 2.40. The Labute approximate surface area is 255 Å². The van der Waals surface area contributed by atoms with Gasteiger partial charge >= 0.3 is 0 Å². The van der Waals surface area contributed by atoms with Crippen LogP contribution in [0.25, 0.3) is 49.3 Å². The van der Waals surface area contributed by atoms with Crippen LogP contribution in [0.3, 0.4) is 0 Å². The Morgan fingerprint density at radius 3 is 1.95 bits per heavy atom. The molecule has 4 nitrogen and oxygen atoms in total. The standard InChI is InChI=1S/C39H25FN4/c1-41-35-22-12-21-34(40)38(35)29-17-11-20-32(23-29)44(31-18-9-4-10-19-31)37-26-42-39-33(28-15-7-3-8-16-28)24-30(25-36(39)43-37)27-13-5-2-6-14-27/h2-26H. The number of hydrogen-bond acceptors (Lipinski definition) is 3. The molecule has 0 fully saturated rings. The molecule has 1 heterocycles. The molecule has 0 aliphatic rings. The van der Waals surface area contributed by atoms with E-state index in [1.165, 1.54) is 6.07 Å². The lowest BCUT2D eigenvalue weighted by molar-refractivity contribution is 0.632. The van der Waals surface area contributed by atoms with Crippen molar-refractivity contribution in [3.63, 3.8) is 0 Å². The number of anilines is 3. The summed E-state index contributed by atoms with van der Waals surface area (Å²) in [4.78, 5) is 15.8. The fourth-order valence-corrected chi connectivity index (χ4v) is 5.54. The third-order valence-electron chi connectivity index (χ3n) is 7.57. The first kappa shape index (κ1) is 26.8. The second kappa shape index (κ2) is 11.6.